The van der Waals surface area contributed by atoms with Crippen LogP contribution in [0.1, 0.15) is 18.5 Å². The second kappa shape index (κ2) is 4.52. The van der Waals surface area contributed by atoms with E-state index in [1.165, 1.54) is 6.92 Å². The highest BCUT2D eigenvalue weighted by Gasteiger charge is 2.16. The highest BCUT2D eigenvalue weighted by atomic mass is 16.3. The van der Waals surface area contributed by atoms with Crippen LogP contribution in [0.5, 0.6) is 5.88 Å². The Balaban J connectivity index is 2.42. The first-order valence-corrected chi connectivity index (χ1v) is 5.52. The molecule has 0 aliphatic carbocycles. The smallest absolute Gasteiger partial charge is 0.331 e. The summed E-state index contributed by atoms with van der Waals surface area (Å²) >= 11 is 0. The SMILES string of the molecule is Cc1c(O)n(C(C)Cn2cccn2)c(=O)[nH]c1=O. The first-order valence-electron chi connectivity index (χ1n) is 5.52. The number of nitrogens with one attached hydrogen (secondary N) is 1. The van der Waals surface area contributed by atoms with E-state index in [0.717, 1.165) is 4.57 Å². The molecule has 2 rings (SSSR count). The molecule has 2 aromatic rings. The molecule has 1 unspecified atom stereocenters. The lowest BCUT2D eigenvalue weighted by Gasteiger charge is -2.17. The molecule has 0 aliphatic heterocycles. The van der Waals surface area contributed by atoms with Gasteiger partial charge in [0.15, 0.2) is 0 Å². The fraction of sp³-hybridized carbons (Fsp3) is 0.364. The highest BCUT2D eigenvalue weighted by molar-refractivity contribution is 5.20. The Kier molecular flexibility index (Phi) is 3.05. The summed E-state index contributed by atoms with van der Waals surface area (Å²) in [5.74, 6) is -0.302. The molecule has 0 saturated carbocycles. The minimum Gasteiger partial charge on any atom is -0.494 e. The van der Waals surface area contributed by atoms with Crippen LogP contribution in [0.4, 0.5) is 0 Å². The monoisotopic (exact) mass is 250 g/mol. The summed E-state index contributed by atoms with van der Waals surface area (Å²) in [6.45, 7) is 3.65. The number of rotatable bonds is 3. The molecule has 96 valence electrons. The molecule has 2 aromatic heterocycles. The minimum atomic E-state index is -0.622. The first-order chi connectivity index (χ1) is 8.50. The molecular formula is C11H14N4O3. The zero-order chi connectivity index (χ0) is 13.3. The van der Waals surface area contributed by atoms with Crippen LogP contribution in [0.15, 0.2) is 28.0 Å². The van der Waals surface area contributed by atoms with E-state index in [1.807, 2.05) is 0 Å². The van der Waals surface area contributed by atoms with Crippen LogP contribution in [0.25, 0.3) is 0 Å². The van der Waals surface area contributed by atoms with Crippen molar-refractivity contribution in [3.8, 4) is 5.88 Å². The fourth-order valence-electron chi connectivity index (χ4n) is 1.80. The molecule has 0 aliphatic rings. The minimum absolute atomic E-state index is 0.127. The molecule has 2 heterocycles. The van der Waals surface area contributed by atoms with Gasteiger partial charge >= 0.3 is 5.69 Å². The predicted molar refractivity (Wildman–Crippen MR) is 64.7 cm³/mol. The maximum atomic E-state index is 11.7. The van der Waals surface area contributed by atoms with Gasteiger partial charge in [0.2, 0.25) is 5.88 Å². The fourth-order valence-corrected chi connectivity index (χ4v) is 1.80. The van der Waals surface area contributed by atoms with Gasteiger partial charge in [-0.05, 0) is 19.9 Å². The molecule has 0 amide bonds. The van der Waals surface area contributed by atoms with Crippen LogP contribution >= 0.6 is 0 Å². The Morgan fingerprint density at radius 2 is 2.22 bits per heavy atom. The summed E-state index contributed by atoms with van der Waals surface area (Å²) in [5, 5.41) is 13.9. The maximum Gasteiger partial charge on any atom is 0.331 e. The number of aromatic amines is 1. The van der Waals surface area contributed by atoms with Gasteiger partial charge in [-0.1, -0.05) is 0 Å². The zero-order valence-corrected chi connectivity index (χ0v) is 10.1. The number of nitrogens with zero attached hydrogens (tertiary/aromatic N) is 3. The van der Waals surface area contributed by atoms with E-state index in [0.29, 0.717) is 6.54 Å². The molecule has 0 bridgehead atoms. The Hall–Kier alpha value is -2.31. The average molecular weight is 250 g/mol. The third-order valence-corrected chi connectivity index (χ3v) is 2.79. The van der Waals surface area contributed by atoms with Crippen molar-refractivity contribution in [2.24, 2.45) is 0 Å². The zero-order valence-electron chi connectivity index (χ0n) is 10.1. The van der Waals surface area contributed by atoms with Gasteiger partial charge in [-0.15, -0.1) is 0 Å². The van der Waals surface area contributed by atoms with Gasteiger partial charge in [0, 0.05) is 12.4 Å². The van der Waals surface area contributed by atoms with Crippen LogP contribution in [-0.4, -0.2) is 24.4 Å². The molecular weight excluding hydrogens is 236 g/mol. The molecule has 2 N–H and O–H groups in total. The molecule has 1 atom stereocenters. The van der Waals surface area contributed by atoms with Gasteiger partial charge in [0.05, 0.1) is 18.2 Å². The van der Waals surface area contributed by atoms with Crippen molar-refractivity contribution in [2.75, 3.05) is 0 Å². The quantitative estimate of drug-likeness (QED) is 0.802. The highest BCUT2D eigenvalue weighted by Crippen LogP contribution is 2.15. The number of aromatic nitrogens is 4. The van der Waals surface area contributed by atoms with Crippen LogP contribution in [0.3, 0.4) is 0 Å². The third kappa shape index (κ3) is 2.06. The van der Waals surface area contributed by atoms with Crippen molar-refractivity contribution in [3.05, 3.63) is 44.9 Å². The molecule has 7 nitrogen and oxygen atoms in total. The van der Waals surface area contributed by atoms with E-state index in [2.05, 4.69) is 10.1 Å². The molecule has 0 fully saturated rings. The second-order valence-electron chi connectivity index (χ2n) is 4.16. The van der Waals surface area contributed by atoms with E-state index in [1.54, 1.807) is 30.1 Å². The van der Waals surface area contributed by atoms with Gasteiger partial charge in [-0.3, -0.25) is 19.0 Å². The number of aromatic hydroxyl groups is 1. The number of H-pyrrole nitrogens is 1. The largest absolute Gasteiger partial charge is 0.494 e. The van der Waals surface area contributed by atoms with Gasteiger partial charge in [0.1, 0.15) is 0 Å². The van der Waals surface area contributed by atoms with E-state index in [-0.39, 0.29) is 17.5 Å². The molecule has 0 radical (unpaired) electrons. The van der Waals surface area contributed by atoms with Crippen molar-refractivity contribution >= 4 is 0 Å². The van der Waals surface area contributed by atoms with Crippen molar-refractivity contribution < 1.29 is 5.11 Å². The Labute approximate surface area is 102 Å². The van der Waals surface area contributed by atoms with Gasteiger partial charge in [-0.25, -0.2) is 4.79 Å². The normalized spacial score (nSPS) is 12.6. The number of hydrogen-bond acceptors (Lipinski definition) is 4. The lowest BCUT2D eigenvalue weighted by Crippen LogP contribution is -2.34. The van der Waals surface area contributed by atoms with E-state index < -0.39 is 11.2 Å². The lowest BCUT2D eigenvalue weighted by atomic mass is 10.3. The van der Waals surface area contributed by atoms with E-state index in [4.69, 9.17) is 0 Å². The summed E-state index contributed by atoms with van der Waals surface area (Å²) in [6.07, 6.45) is 3.39. The summed E-state index contributed by atoms with van der Waals surface area (Å²) in [6, 6.07) is 1.45. The molecule has 0 aromatic carbocycles. The van der Waals surface area contributed by atoms with Crippen LogP contribution in [-0.2, 0) is 6.54 Å². The first kappa shape index (κ1) is 12.2. The summed E-state index contributed by atoms with van der Waals surface area (Å²) in [5.41, 5.74) is -1.07. The predicted octanol–water partition coefficient (Wildman–Crippen LogP) is 0.00832. The van der Waals surface area contributed by atoms with Gasteiger partial charge in [0.25, 0.3) is 5.56 Å². The molecule has 18 heavy (non-hydrogen) atoms. The van der Waals surface area contributed by atoms with E-state index >= 15 is 0 Å². The van der Waals surface area contributed by atoms with Crippen molar-refractivity contribution in [1.82, 2.24) is 19.3 Å². The van der Waals surface area contributed by atoms with Crippen LogP contribution in [0, 0.1) is 6.92 Å². The van der Waals surface area contributed by atoms with Crippen molar-refractivity contribution in [1.29, 1.82) is 0 Å². The number of hydrogen-bond donors (Lipinski definition) is 2. The maximum absolute atomic E-state index is 11.7. The third-order valence-electron chi connectivity index (χ3n) is 2.79. The summed E-state index contributed by atoms with van der Waals surface area (Å²) < 4.78 is 2.80. The Morgan fingerprint density at radius 3 is 2.83 bits per heavy atom. The van der Waals surface area contributed by atoms with Crippen molar-refractivity contribution in [2.45, 2.75) is 26.4 Å². The Morgan fingerprint density at radius 1 is 1.50 bits per heavy atom. The van der Waals surface area contributed by atoms with Crippen LogP contribution < -0.4 is 11.2 Å². The standard InChI is InChI=1S/C11H14N4O3/c1-7(6-14-5-3-4-12-14)15-10(17)8(2)9(16)13-11(15)18/h3-5,7,17H,6H2,1-2H3,(H,13,16,18). The van der Waals surface area contributed by atoms with E-state index in [9.17, 15) is 14.7 Å². The summed E-state index contributed by atoms with van der Waals surface area (Å²) in [7, 11) is 0. The molecule has 0 spiro atoms. The molecule has 0 saturated heterocycles. The second-order valence-corrected chi connectivity index (χ2v) is 4.16. The topological polar surface area (TPSA) is 92.9 Å². The van der Waals surface area contributed by atoms with Gasteiger partial charge in [-0.2, -0.15) is 5.10 Å². The summed E-state index contributed by atoms with van der Waals surface area (Å²) in [4.78, 5) is 25.2. The van der Waals surface area contributed by atoms with Crippen molar-refractivity contribution in [3.63, 3.8) is 0 Å². The molecule has 7 heteroatoms. The average Bonchev–Trinajstić information content (AvgIpc) is 2.78. The van der Waals surface area contributed by atoms with Gasteiger partial charge < -0.3 is 5.11 Å². The lowest BCUT2D eigenvalue weighted by molar-refractivity contribution is 0.340. The Bertz CT molecular complexity index is 654. The van der Waals surface area contributed by atoms with Crippen LogP contribution in [0.2, 0.25) is 0 Å².